The minimum absolute atomic E-state index is 0.0295. The molecule has 0 radical (unpaired) electrons. The third-order valence-corrected chi connectivity index (χ3v) is 3.73. The Labute approximate surface area is 117 Å². The highest BCUT2D eigenvalue weighted by molar-refractivity contribution is 7.11. The van der Waals surface area contributed by atoms with Gasteiger partial charge < -0.3 is 10.6 Å². The van der Waals surface area contributed by atoms with E-state index in [1.54, 1.807) is 11.3 Å². The summed E-state index contributed by atoms with van der Waals surface area (Å²) in [5, 5.41) is 6.14. The summed E-state index contributed by atoms with van der Waals surface area (Å²) in [6.45, 7) is 5.45. The van der Waals surface area contributed by atoms with Gasteiger partial charge in [-0.05, 0) is 44.2 Å². The van der Waals surface area contributed by atoms with Gasteiger partial charge in [0.1, 0.15) is 0 Å². The van der Waals surface area contributed by atoms with Gasteiger partial charge in [-0.2, -0.15) is 0 Å². The molecule has 0 fully saturated rings. The fourth-order valence-electron chi connectivity index (χ4n) is 1.80. The van der Waals surface area contributed by atoms with Crippen LogP contribution >= 0.6 is 11.3 Å². The SMILES string of the molecule is CCNC(=O)c1cccc(NCc2ccc(C)s2)c1. The first-order valence-corrected chi connectivity index (χ1v) is 7.18. The lowest BCUT2D eigenvalue weighted by atomic mass is 10.2. The van der Waals surface area contributed by atoms with Gasteiger partial charge in [-0.1, -0.05) is 6.07 Å². The second kappa shape index (κ2) is 6.38. The quantitative estimate of drug-likeness (QED) is 0.877. The maximum atomic E-state index is 11.7. The third-order valence-electron chi connectivity index (χ3n) is 2.72. The van der Waals surface area contributed by atoms with Gasteiger partial charge in [-0.25, -0.2) is 0 Å². The van der Waals surface area contributed by atoms with E-state index in [1.807, 2.05) is 31.2 Å². The summed E-state index contributed by atoms with van der Waals surface area (Å²) in [5.74, 6) is -0.0295. The number of nitrogens with one attached hydrogen (secondary N) is 2. The first kappa shape index (κ1) is 13.6. The molecule has 0 atom stereocenters. The average molecular weight is 274 g/mol. The second-order valence-electron chi connectivity index (χ2n) is 4.31. The average Bonchev–Trinajstić information content (AvgIpc) is 2.83. The Morgan fingerprint density at radius 2 is 2.11 bits per heavy atom. The van der Waals surface area contributed by atoms with Crippen molar-refractivity contribution in [2.45, 2.75) is 20.4 Å². The summed E-state index contributed by atoms with van der Waals surface area (Å²) >= 11 is 1.78. The Hall–Kier alpha value is -1.81. The number of anilines is 1. The van der Waals surface area contributed by atoms with Crippen LogP contribution in [0.15, 0.2) is 36.4 Å². The Kier molecular flexibility index (Phi) is 4.58. The van der Waals surface area contributed by atoms with E-state index in [0.717, 1.165) is 12.2 Å². The van der Waals surface area contributed by atoms with Crippen LogP contribution in [0.1, 0.15) is 27.0 Å². The fourth-order valence-corrected chi connectivity index (χ4v) is 2.63. The molecule has 0 spiro atoms. The molecule has 0 saturated carbocycles. The standard InChI is InChI=1S/C15H18N2OS/c1-3-16-15(18)12-5-4-6-13(9-12)17-10-14-8-7-11(2)19-14/h4-9,17H,3,10H2,1-2H3,(H,16,18). The van der Waals surface area contributed by atoms with Crippen molar-refractivity contribution in [3.63, 3.8) is 0 Å². The molecule has 3 nitrogen and oxygen atoms in total. The zero-order valence-corrected chi connectivity index (χ0v) is 12.0. The smallest absolute Gasteiger partial charge is 0.251 e. The van der Waals surface area contributed by atoms with Gasteiger partial charge in [0, 0.05) is 34.1 Å². The van der Waals surface area contributed by atoms with Crippen molar-refractivity contribution in [2.24, 2.45) is 0 Å². The second-order valence-corrected chi connectivity index (χ2v) is 5.68. The molecule has 100 valence electrons. The van der Waals surface area contributed by atoms with E-state index in [4.69, 9.17) is 0 Å². The van der Waals surface area contributed by atoms with E-state index < -0.39 is 0 Å². The summed E-state index contributed by atoms with van der Waals surface area (Å²) in [7, 11) is 0. The number of aryl methyl sites for hydroxylation is 1. The van der Waals surface area contributed by atoms with Crippen LogP contribution in [0.2, 0.25) is 0 Å². The molecule has 1 amide bonds. The van der Waals surface area contributed by atoms with Crippen LogP contribution < -0.4 is 10.6 Å². The molecule has 0 aliphatic carbocycles. The Morgan fingerprint density at radius 3 is 2.79 bits per heavy atom. The van der Waals surface area contributed by atoms with Gasteiger partial charge in [-0.15, -0.1) is 11.3 Å². The molecule has 0 saturated heterocycles. The molecule has 19 heavy (non-hydrogen) atoms. The highest BCUT2D eigenvalue weighted by Crippen LogP contribution is 2.17. The first-order valence-electron chi connectivity index (χ1n) is 6.36. The molecule has 2 aromatic rings. The van der Waals surface area contributed by atoms with Crippen LogP contribution in [0, 0.1) is 6.92 Å². The van der Waals surface area contributed by atoms with Crippen LogP contribution in [0.4, 0.5) is 5.69 Å². The van der Waals surface area contributed by atoms with Crippen LogP contribution in [-0.2, 0) is 6.54 Å². The van der Waals surface area contributed by atoms with Crippen molar-refractivity contribution in [1.82, 2.24) is 5.32 Å². The minimum Gasteiger partial charge on any atom is -0.380 e. The van der Waals surface area contributed by atoms with E-state index in [9.17, 15) is 4.79 Å². The maximum Gasteiger partial charge on any atom is 0.251 e. The van der Waals surface area contributed by atoms with Gasteiger partial charge in [0.15, 0.2) is 0 Å². The topological polar surface area (TPSA) is 41.1 Å². The summed E-state index contributed by atoms with van der Waals surface area (Å²) < 4.78 is 0. The van der Waals surface area contributed by atoms with E-state index in [2.05, 4.69) is 29.7 Å². The molecule has 0 unspecified atom stereocenters. The molecular weight excluding hydrogens is 256 g/mol. The van der Waals surface area contributed by atoms with Crippen LogP contribution in [0.25, 0.3) is 0 Å². The Bertz CT molecular complexity index is 563. The monoisotopic (exact) mass is 274 g/mol. The van der Waals surface area contributed by atoms with Gasteiger partial charge >= 0.3 is 0 Å². The number of carbonyl (C=O) groups is 1. The van der Waals surface area contributed by atoms with E-state index in [1.165, 1.54) is 9.75 Å². The lowest BCUT2D eigenvalue weighted by molar-refractivity contribution is 0.0956. The highest BCUT2D eigenvalue weighted by atomic mass is 32.1. The lowest BCUT2D eigenvalue weighted by Crippen LogP contribution is -2.22. The number of amides is 1. The largest absolute Gasteiger partial charge is 0.380 e. The van der Waals surface area contributed by atoms with Crippen molar-refractivity contribution >= 4 is 22.9 Å². The number of rotatable bonds is 5. The van der Waals surface area contributed by atoms with Crippen molar-refractivity contribution in [3.8, 4) is 0 Å². The molecular formula is C15H18N2OS. The van der Waals surface area contributed by atoms with E-state index >= 15 is 0 Å². The number of carbonyl (C=O) groups excluding carboxylic acids is 1. The zero-order chi connectivity index (χ0) is 13.7. The van der Waals surface area contributed by atoms with Crippen LogP contribution in [0.5, 0.6) is 0 Å². The third kappa shape index (κ3) is 3.83. The van der Waals surface area contributed by atoms with Gasteiger partial charge in [0.2, 0.25) is 0 Å². The normalized spacial score (nSPS) is 10.2. The molecule has 2 rings (SSSR count). The number of thiophene rings is 1. The molecule has 4 heteroatoms. The molecule has 1 aromatic heterocycles. The minimum atomic E-state index is -0.0295. The summed E-state index contributed by atoms with van der Waals surface area (Å²) in [6.07, 6.45) is 0. The summed E-state index contributed by atoms with van der Waals surface area (Å²) in [5.41, 5.74) is 1.66. The molecule has 1 aromatic carbocycles. The highest BCUT2D eigenvalue weighted by Gasteiger charge is 2.04. The summed E-state index contributed by atoms with van der Waals surface area (Å²) in [4.78, 5) is 14.3. The molecule has 0 aliphatic heterocycles. The van der Waals surface area contributed by atoms with E-state index in [0.29, 0.717) is 12.1 Å². The van der Waals surface area contributed by atoms with Crippen molar-refractivity contribution in [3.05, 3.63) is 51.7 Å². The predicted octanol–water partition coefficient (Wildman–Crippen LogP) is 3.42. The molecule has 0 aliphatic rings. The number of benzene rings is 1. The number of hydrogen-bond donors (Lipinski definition) is 2. The molecule has 1 heterocycles. The van der Waals surface area contributed by atoms with Crippen LogP contribution in [-0.4, -0.2) is 12.5 Å². The Morgan fingerprint density at radius 1 is 1.26 bits per heavy atom. The maximum absolute atomic E-state index is 11.7. The number of hydrogen-bond acceptors (Lipinski definition) is 3. The fraction of sp³-hybridized carbons (Fsp3) is 0.267. The summed E-state index contributed by atoms with van der Waals surface area (Å²) in [6, 6.07) is 11.8. The van der Waals surface area contributed by atoms with Gasteiger partial charge in [0.25, 0.3) is 5.91 Å². The van der Waals surface area contributed by atoms with Crippen molar-refractivity contribution in [2.75, 3.05) is 11.9 Å². The Balaban J connectivity index is 2.00. The van der Waals surface area contributed by atoms with Gasteiger partial charge in [0.05, 0.1) is 0 Å². The lowest BCUT2D eigenvalue weighted by Gasteiger charge is -2.07. The van der Waals surface area contributed by atoms with Gasteiger partial charge in [-0.3, -0.25) is 4.79 Å². The van der Waals surface area contributed by atoms with Crippen molar-refractivity contribution < 1.29 is 4.79 Å². The molecule has 2 N–H and O–H groups in total. The predicted molar refractivity (Wildman–Crippen MR) is 80.8 cm³/mol. The van der Waals surface area contributed by atoms with Crippen molar-refractivity contribution in [1.29, 1.82) is 0 Å². The zero-order valence-electron chi connectivity index (χ0n) is 11.2. The van der Waals surface area contributed by atoms with Crippen LogP contribution in [0.3, 0.4) is 0 Å². The molecule has 0 bridgehead atoms. The van der Waals surface area contributed by atoms with E-state index in [-0.39, 0.29) is 5.91 Å². The first-order chi connectivity index (χ1) is 9.19.